The van der Waals surface area contributed by atoms with Crippen LogP contribution >= 0.6 is 0 Å². The highest BCUT2D eigenvalue weighted by atomic mass is 16.5. The summed E-state index contributed by atoms with van der Waals surface area (Å²) in [6, 6.07) is 2.06. The highest BCUT2D eigenvalue weighted by Gasteiger charge is 2.32. The monoisotopic (exact) mass is 253 g/mol. The van der Waals surface area contributed by atoms with Gasteiger partial charge in [0.25, 0.3) is 0 Å². The maximum atomic E-state index is 5.50. The minimum atomic E-state index is 0.301. The molecule has 0 saturated carbocycles. The predicted octanol–water partition coefficient (Wildman–Crippen LogP) is 1.85. The third-order valence-corrected chi connectivity index (χ3v) is 3.70. The van der Waals surface area contributed by atoms with Gasteiger partial charge in [-0.15, -0.1) is 0 Å². The quantitative estimate of drug-likeness (QED) is 0.753. The number of nitrogens with one attached hydrogen (secondary N) is 1. The molecular weight excluding hydrogens is 230 g/mol. The van der Waals surface area contributed by atoms with E-state index in [2.05, 4.69) is 11.4 Å². The minimum Gasteiger partial charge on any atom is -0.472 e. The lowest BCUT2D eigenvalue weighted by atomic mass is 9.75. The summed E-state index contributed by atoms with van der Waals surface area (Å²) in [5.41, 5.74) is 1.58. The lowest BCUT2D eigenvalue weighted by molar-refractivity contribution is 0.0143. The van der Waals surface area contributed by atoms with Crippen molar-refractivity contribution in [3.05, 3.63) is 24.2 Å². The average Bonchev–Trinajstić information content (AvgIpc) is 2.89. The zero-order valence-corrected chi connectivity index (χ0v) is 11.1. The Balaban J connectivity index is 1.89. The fourth-order valence-electron chi connectivity index (χ4n) is 2.57. The van der Waals surface area contributed by atoms with Crippen molar-refractivity contribution in [3.8, 4) is 0 Å². The van der Waals surface area contributed by atoms with Crippen LogP contribution in [0.5, 0.6) is 0 Å². The Labute approximate surface area is 109 Å². The number of rotatable bonds is 7. The third-order valence-electron chi connectivity index (χ3n) is 3.70. The van der Waals surface area contributed by atoms with Gasteiger partial charge in [-0.1, -0.05) is 0 Å². The standard InChI is InChI=1S/C14H23NO3/c1-16-9-5-15-12-14(3-7-17-8-4-14)10-13-2-6-18-11-13/h2,6,11,15H,3-5,7-10,12H2,1H3. The van der Waals surface area contributed by atoms with Crippen molar-refractivity contribution >= 4 is 0 Å². The van der Waals surface area contributed by atoms with Crippen LogP contribution in [0.1, 0.15) is 18.4 Å². The van der Waals surface area contributed by atoms with Gasteiger partial charge in [0, 0.05) is 33.4 Å². The molecule has 2 rings (SSSR count). The van der Waals surface area contributed by atoms with Gasteiger partial charge in [0.05, 0.1) is 19.1 Å². The first-order valence-electron chi connectivity index (χ1n) is 6.63. The topological polar surface area (TPSA) is 43.6 Å². The zero-order valence-electron chi connectivity index (χ0n) is 11.1. The van der Waals surface area contributed by atoms with Gasteiger partial charge in [-0.2, -0.15) is 0 Å². The van der Waals surface area contributed by atoms with E-state index in [1.807, 2.05) is 6.26 Å². The Bertz CT molecular complexity index is 318. The number of ether oxygens (including phenoxy) is 2. The fraction of sp³-hybridized carbons (Fsp3) is 0.714. The molecule has 1 aromatic heterocycles. The molecule has 2 heterocycles. The molecule has 0 aromatic carbocycles. The second kappa shape index (κ2) is 6.92. The summed E-state index contributed by atoms with van der Waals surface area (Å²) in [5, 5.41) is 3.50. The second-order valence-electron chi connectivity index (χ2n) is 5.09. The van der Waals surface area contributed by atoms with Crippen LogP contribution in [0.4, 0.5) is 0 Å². The summed E-state index contributed by atoms with van der Waals surface area (Å²) < 4.78 is 15.7. The lowest BCUT2D eigenvalue weighted by Crippen LogP contribution is -2.41. The molecule has 0 atom stereocenters. The molecule has 1 fully saturated rings. The van der Waals surface area contributed by atoms with Gasteiger partial charge in [-0.3, -0.25) is 0 Å². The summed E-state index contributed by atoms with van der Waals surface area (Å²) in [4.78, 5) is 0. The van der Waals surface area contributed by atoms with E-state index in [9.17, 15) is 0 Å². The van der Waals surface area contributed by atoms with Crippen LogP contribution in [-0.2, 0) is 15.9 Å². The Morgan fingerprint density at radius 3 is 2.89 bits per heavy atom. The predicted molar refractivity (Wildman–Crippen MR) is 69.6 cm³/mol. The van der Waals surface area contributed by atoms with Gasteiger partial charge in [-0.25, -0.2) is 0 Å². The van der Waals surface area contributed by atoms with E-state index in [0.29, 0.717) is 5.41 Å². The first-order chi connectivity index (χ1) is 8.85. The van der Waals surface area contributed by atoms with Crippen LogP contribution in [0.2, 0.25) is 0 Å². The molecule has 4 heteroatoms. The Morgan fingerprint density at radius 2 is 2.22 bits per heavy atom. The number of hydrogen-bond donors (Lipinski definition) is 1. The van der Waals surface area contributed by atoms with Crippen LogP contribution < -0.4 is 5.32 Å². The van der Waals surface area contributed by atoms with Crippen LogP contribution in [0.3, 0.4) is 0 Å². The van der Waals surface area contributed by atoms with Gasteiger partial charge in [-0.05, 0) is 36.3 Å². The highest BCUT2D eigenvalue weighted by Crippen LogP contribution is 2.33. The summed E-state index contributed by atoms with van der Waals surface area (Å²) in [6.07, 6.45) is 6.89. The van der Waals surface area contributed by atoms with Crippen molar-refractivity contribution in [2.24, 2.45) is 5.41 Å². The molecule has 0 spiro atoms. The van der Waals surface area contributed by atoms with Crippen LogP contribution in [0.25, 0.3) is 0 Å². The molecule has 1 aliphatic heterocycles. The van der Waals surface area contributed by atoms with Crippen LogP contribution in [0.15, 0.2) is 23.0 Å². The molecule has 18 heavy (non-hydrogen) atoms. The first kappa shape index (κ1) is 13.6. The number of hydrogen-bond acceptors (Lipinski definition) is 4. The normalized spacial score (nSPS) is 18.9. The smallest absolute Gasteiger partial charge is 0.0934 e. The third kappa shape index (κ3) is 3.83. The van der Waals surface area contributed by atoms with Crippen molar-refractivity contribution in [3.63, 3.8) is 0 Å². The SMILES string of the molecule is COCCNCC1(Cc2ccoc2)CCOCC1. The molecule has 0 bridgehead atoms. The zero-order chi connectivity index (χ0) is 12.7. The van der Waals surface area contributed by atoms with Crippen molar-refractivity contribution in [2.45, 2.75) is 19.3 Å². The molecule has 0 radical (unpaired) electrons. The van der Waals surface area contributed by atoms with Crippen molar-refractivity contribution < 1.29 is 13.9 Å². The average molecular weight is 253 g/mol. The maximum absolute atomic E-state index is 5.50. The van der Waals surface area contributed by atoms with Gasteiger partial charge in [0.2, 0.25) is 0 Å². The van der Waals surface area contributed by atoms with Gasteiger partial charge >= 0.3 is 0 Å². The van der Waals surface area contributed by atoms with E-state index in [1.165, 1.54) is 5.56 Å². The largest absolute Gasteiger partial charge is 0.472 e. The Kier molecular flexibility index (Phi) is 5.23. The summed E-state index contributed by atoms with van der Waals surface area (Å²) in [5.74, 6) is 0. The van der Waals surface area contributed by atoms with E-state index < -0.39 is 0 Å². The fourth-order valence-corrected chi connectivity index (χ4v) is 2.57. The molecule has 1 N–H and O–H groups in total. The molecule has 1 aliphatic rings. The number of furan rings is 1. The molecular formula is C14H23NO3. The Morgan fingerprint density at radius 1 is 1.39 bits per heavy atom. The summed E-state index contributed by atoms with van der Waals surface area (Å²) in [7, 11) is 1.73. The summed E-state index contributed by atoms with van der Waals surface area (Å²) in [6.45, 7) is 4.42. The van der Waals surface area contributed by atoms with E-state index in [1.54, 1.807) is 13.4 Å². The molecule has 0 amide bonds. The van der Waals surface area contributed by atoms with E-state index in [-0.39, 0.29) is 0 Å². The lowest BCUT2D eigenvalue weighted by Gasteiger charge is -2.37. The van der Waals surface area contributed by atoms with Gasteiger partial charge in [0.1, 0.15) is 0 Å². The molecule has 0 unspecified atom stereocenters. The van der Waals surface area contributed by atoms with Gasteiger partial charge < -0.3 is 19.2 Å². The molecule has 1 saturated heterocycles. The molecule has 102 valence electrons. The highest BCUT2D eigenvalue weighted by molar-refractivity contribution is 5.09. The van der Waals surface area contributed by atoms with Gasteiger partial charge in [0.15, 0.2) is 0 Å². The van der Waals surface area contributed by atoms with E-state index in [4.69, 9.17) is 13.9 Å². The van der Waals surface area contributed by atoms with E-state index >= 15 is 0 Å². The van der Waals surface area contributed by atoms with Crippen molar-refractivity contribution in [2.75, 3.05) is 40.0 Å². The minimum absolute atomic E-state index is 0.301. The van der Waals surface area contributed by atoms with Crippen LogP contribution in [0, 0.1) is 5.41 Å². The maximum Gasteiger partial charge on any atom is 0.0934 e. The van der Waals surface area contributed by atoms with Crippen LogP contribution in [-0.4, -0.2) is 40.0 Å². The molecule has 1 aromatic rings. The molecule has 0 aliphatic carbocycles. The molecule has 4 nitrogen and oxygen atoms in total. The number of methoxy groups -OCH3 is 1. The van der Waals surface area contributed by atoms with Crippen molar-refractivity contribution in [1.29, 1.82) is 0 Å². The second-order valence-corrected chi connectivity index (χ2v) is 5.09. The first-order valence-corrected chi connectivity index (χ1v) is 6.63. The summed E-state index contributed by atoms with van der Waals surface area (Å²) >= 11 is 0. The van der Waals surface area contributed by atoms with E-state index in [0.717, 1.165) is 52.2 Å². The Hall–Kier alpha value is -0.840. The van der Waals surface area contributed by atoms with Crippen molar-refractivity contribution in [1.82, 2.24) is 5.32 Å².